The number of ether oxygens (including phenoxy) is 1. The molecule has 1 heterocycles. The fraction of sp³-hybridized carbons (Fsp3) is 0.190. The van der Waals surface area contributed by atoms with E-state index in [-0.39, 0.29) is 30.7 Å². The zero-order valence-electron chi connectivity index (χ0n) is 15.6. The number of aromatic nitrogens is 1. The summed E-state index contributed by atoms with van der Waals surface area (Å²) in [4.78, 5) is 23.7. The lowest BCUT2D eigenvalue weighted by Crippen LogP contribution is -2.29. The van der Waals surface area contributed by atoms with Gasteiger partial charge in [0.15, 0.2) is 0 Å². The van der Waals surface area contributed by atoms with Crippen molar-refractivity contribution in [3.63, 3.8) is 0 Å². The second kappa shape index (κ2) is 10.0. The first kappa shape index (κ1) is 20.1. The summed E-state index contributed by atoms with van der Waals surface area (Å²) in [7, 11) is 0. The molecule has 0 aliphatic heterocycles. The number of nitrogens with one attached hydrogen (secondary N) is 2. The highest BCUT2D eigenvalue weighted by molar-refractivity contribution is 5.95. The van der Waals surface area contributed by atoms with Crippen molar-refractivity contribution in [1.82, 2.24) is 16.0 Å². The number of hydroxylamine groups is 1. The van der Waals surface area contributed by atoms with Gasteiger partial charge in [-0.2, -0.15) is 0 Å². The summed E-state index contributed by atoms with van der Waals surface area (Å²) in [6.07, 6.45) is 1.61. The Morgan fingerprint density at radius 3 is 2.55 bits per heavy atom. The van der Waals surface area contributed by atoms with Crippen molar-refractivity contribution in [3.8, 4) is 5.88 Å². The van der Waals surface area contributed by atoms with E-state index in [1.54, 1.807) is 6.07 Å². The molecule has 0 spiro atoms. The number of aryl methyl sites for hydroxylation is 2. The molecule has 0 aliphatic carbocycles. The summed E-state index contributed by atoms with van der Waals surface area (Å²) in [5, 5.41) is 14.9. The highest BCUT2D eigenvalue weighted by atomic mass is 16.5. The normalized spacial score (nSPS) is 10.4. The van der Waals surface area contributed by atoms with E-state index in [9.17, 15) is 9.59 Å². The van der Waals surface area contributed by atoms with E-state index < -0.39 is 5.91 Å². The Morgan fingerprint density at radius 2 is 1.76 bits per heavy atom. The lowest BCUT2D eigenvalue weighted by Gasteiger charge is -2.10. The Labute approximate surface area is 167 Å². The first-order valence-electron chi connectivity index (χ1n) is 9.11. The fourth-order valence-corrected chi connectivity index (χ4v) is 2.79. The number of amides is 2. The topological polar surface area (TPSA) is 114 Å². The third kappa shape index (κ3) is 5.66. The number of hydrogen-bond acceptors (Lipinski definition) is 6. The molecular formula is C21H21N3O5. The van der Waals surface area contributed by atoms with E-state index in [0.717, 1.165) is 18.4 Å². The van der Waals surface area contributed by atoms with Crippen LogP contribution in [0.5, 0.6) is 5.88 Å². The van der Waals surface area contributed by atoms with E-state index in [0.29, 0.717) is 5.56 Å². The Morgan fingerprint density at radius 1 is 1.00 bits per heavy atom. The molecule has 0 fully saturated rings. The second-order valence-electron chi connectivity index (χ2n) is 6.22. The smallest absolute Gasteiger partial charge is 0.313 e. The zero-order valence-corrected chi connectivity index (χ0v) is 15.6. The van der Waals surface area contributed by atoms with E-state index >= 15 is 0 Å². The summed E-state index contributed by atoms with van der Waals surface area (Å²) < 4.78 is 10.0. The van der Waals surface area contributed by atoms with Crippen LogP contribution in [0, 0.1) is 0 Å². The van der Waals surface area contributed by atoms with Gasteiger partial charge in [0.05, 0.1) is 12.6 Å². The number of nitrogens with zero attached hydrogens (tertiary/aromatic N) is 1. The van der Waals surface area contributed by atoms with Gasteiger partial charge in [-0.25, -0.2) is 5.48 Å². The van der Waals surface area contributed by atoms with E-state index in [4.69, 9.17) is 14.5 Å². The van der Waals surface area contributed by atoms with Gasteiger partial charge in [0.25, 0.3) is 11.8 Å². The van der Waals surface area contributed by atoms with Crippen molar-refractivity contribution >= 4 is 11.8 Å². The average molecular weight is 395 g/mol. The molecule has 0 bridgehead atoms. The summed E-state index contributed by atoms with van der Waals surface area (Å²) in [5.74, 6) is -1.11. The molecule has 2 amide bonds. The van der Waals surface area contributed by atoms with Gasteiger partial charge >= 0.3 is 5.91 Å². The van der Waals surface area contributed by atoms with E-state index in [1.807, 2.05) is 36.4 Å². The summed E-state index contributed by atoms with van der Waals surface area (Å²) in [6.45, 7) is 0.394. The van der Waals surface area contributed by atoms with Crippen molar-refractivity contribution < 1.29 is 24.1 Å². The van der Waals surface area contributed by atoms with Gasteiger partial charge in [0, 0.05) is 5.56 Å². The highest BCUT2D eigenvalue weighted by Gasteiger charge is 2.13. The van der Waals surface area contributed by atoms with Crippen molar-refractivity contribution in [3.05, 3.63) is 83.1 Å². The van der Waals surface area contributed by atoms with Crippen LogP contribution in [0.3, 0.4) is 0 Å². The molecular weight excluding hydrogens is 374 g/mol. The Bertz CT molecular complexity index is 956. The molecule has 0 atom stereocenters. The first-order chi connectivity index (χ1) is 14.2. The number of carbonyl (C=O) groups excluding carboxylic acids is 2. The first-order valence-corrected chi connectivity index (χ1v) is 9.11. The van der Waals surface area contributed by atoms with Gasteiger partial charge in [-0.3, -0.25) is 14.8 Å². The lowest BCUT2D eigenvalue weighted by atomic mass is 9.99. The van der Waals surface area contributed by atoms with Crippen LogP contribution < -0.4 is 15.5 Å². The molecule has 3 rings (SSSR count). The minimum absolute atomic E-state index is 0.0844. The largest absolute Gasteiger partial charge is 0.474 e. The molecule has 150 valence electrons. The van der Waals surface area contributed by atoms with Crippen molar-refractivity contribution in [2.75, 3.05) is 13.2 Å². The van der Waals surface area contributed by atoms with Crippen LogP contribution in [0.2, 0.25) is 0 Å². The summed E-state index contributed by atoms with van der Waals surface area (Å²) >= 11 is 0. The van der Waals surface area contributed by atoms with Crippen LogP contribution in [-0.2, 0) is 12.8 Å². The Hall–Kier alpha value is -3.65. The molecule has 8 nitrogen and oxygen atoms in total. The fourth-order valence-electron chi connectivity index (χ4n) is 2.79. The minimum Gasteiger partial charge on any atom is -0.474 e. The SMILES string of the molecule is O=C(NO)c1cc(OCCNC(=O)c2ccccc2CCc2ccccc2)no1. The van der Waals surface area contributed by atoms with Crippen LogP contribution in [0.1, 0.15) is 32.0 Å². The Kier molecular flexibility index (Phi) is 6.96. The second-order valence-corrected chi connectivity index (χ2v) is 6.22. The van der Waals surface area contributed by atoms with Crippen molar-refractivity contribution in [2.24, 2.45) is 0 Å². The number of carbonyl (C=O) groups is 2. The predicted octanol–water partition coefficient (Wildman–Crippen LogP) is 2.39. The van der Waals surface area contributed by atoms with E-state index in [2.05, 4.69) is 22.6 Å². The van der Waals surface area contributed by atoms with Gasteiger partial charge in [-0.05, 0) is 35.2 Å². The maximum absolute atomic E-state index is 12.5. The maximum Gasteiger partial charge on any atom is 0.313 e. The molecule has 0 saturated carbocycles. The van der Waals surface area contributed by atoms with Gasteiger partial charge in [-0.15, -0.1) is 0 Å². The van der Waals surface area contributed by atoms with Crippen LogP contribution >= 0.6 is 0 Å². The monoisotopic (exact) mass is 395 g/mol. The quantitative estimate of drug-likeness (QED) is 0.291. The molecule has 3 aromatic rings. The summed E-state index contributed by atoms with van der Waals surface area (Å²) in [6, 6.07) is 18.9. The van der Waals surface area contributed by atoms with Crippen molar-refractivity contribution in [2.45, 2.75) is 12.8 Å². The molecule has 0 saturated heterocycles. The number of hydrogen-bond donors (Lipinski definition) is 3. The maximum atomic E-state index is 12.5. The van der Waals surface area contributed by atoms with Crippen LogP contribution in [-0.4, -0.2) is 35.3 Å². The van der Waals surface area contributed by atoms with Gasteiger partial charge in [0.2, 0.25) is 5.76 Å². The standard InChI is InChI=1S/C21H21N3O5/c25-20(22-12-13-28-19-14-18(29-24-19)21(26)23-27)17-9-5-4-8-16(17)11-10-15-6-2-1-3-7-15/h1-9,14,27H,10-13H2,(H,22,25)(H,23,26). The molecule has 0 unspecified atom stereocenters. The number of benzene rings is 2. The summed E-state index contributed by atoms with van der Waals surface area (Å²) in [5.41, 5.74) is 4.26. The van der Waals surface area contributed by atoms with Crippen LogP contribution in [0.25, 0.3) is 0 Å². The molecule has 1 aromatic heterocycles. The predicted molar refractivity (Wildman–Crippen MR) is 104 cm³/mol. The Balaban J connectivity index is 1.49. The molecule has 29 heavy (non-hydrogen) atoms. The van der Waals surface area contributed by atoms with Gasteiger partial charge < -0.3 is 14.6 Å². The molecule has 3 N–H and O–H groups in total. The van der Waals surface area contributed by atoms with Gasteiger partial charge in [-0.1, -0.05) is 48.5 Å². The van der Waals surface area contributed by atoms with E-state index in [1.165, 1.54) is 17.1 Å². The molecule has 8 heteroatoms. The molecule has 0 radical (unpaired) electrons. The van der Waals surface area contributed by atoms with Crippen LogP contribution in [0.15, 0.2) is 65.2 Å². The zero-order chi connectivity index (χ0) is 20.5. The molecule has 0 aliphatic rings. The highest BCUT2D eigenvalue weighted by Crippen LogP contribution is 2.13. The van der Waals surface area contributed by atoms with Gasteiger partial charge in [0.1, 0.15) is 6.61 Å². The third-order valence-electron chi connectivity index (χ3n) is 4.24. The van der Waals surface area contributed by atoms with Crippen molar-refractivity contribution in [1.29, 1.82) is 0 Å². The number of rotatable bonds is 9. The molecule has 2 aromatic carbocycles. The third-order valence-corrected chi connectivity index (χ3v) is 4.24. The lowest BCUT2D eigenvalue weighted by molar-refractivity contribution is 0.0666. The minimum atomic E-state index is -0.826. The van der Waals surface area contributed by atoms with Crippen LogP contribution in [0.4, 0.5) is 0 Å². The average Bonchev–Trinajstić information content (AvgIpc) is 3.24.